The van der Waals surface area contributed by atoms with Gasteiger partial charge in [0.1, 0.15) is 11.6 Å². The van der Waals surface area contributed by atoms with Gasteiger partial charge in [0.15, 0.2) is 6.61 Å². The standard InChI is InChI=1S/C21H27FN4O4S/c1-2-3-11-23-31(28,29)18-9-7-17(8-10-18)30-14-21(27)24-20-13-19(25-26-20)15-5-4-6-16(22)12-15/h4-10,12,19-20,23,25-26H,2-3,11,13-14H2,1H3,(H,24,27). The zero-order valence-corrected chi connectivity index (χ0v) is 18.0. The Hall–Kier alpha value is -2.53. The van der Waals surface area contributed by atoms with E-state index in [1.165, 1.54) is 36.4 Å². The smallest absolute Gasteiger partial charge is 0.259 e. The molecule has 1 amide bonds. The molecule has 1 saturated heterocycles. The predicted molar refractivity (Wildman–Crippen MR) is 114 cm³/mol. The molecule has 8 nitrogen and oxygen atoms in total. The maximum atomic E-state index is 13.4. The van der Waals surface area contributed by atoms with Crippen LogP contribution in [0.15, 0.2) is 53.4 Å². The summed E-state index contributed by atoms with van der Waals surface area (Å²) in [7, 11) is -3.55. The van der Waals surface area contributed by atoms with Gasteiger partial charge < -0.3 is 10.1 Å². The van der Waals surface area contributed by atoms with E-state index in [0.29, 0.717) is 18.7 Å². The van der Waals surface area contributed by atoms with Crippen molar-refractivity contribution in [2.24, 2.45) is 0 Å². The first kappa shape index (κ1) is 23.1. The lowest BCUT2D eigenvalue weighted by Crippen LogP contribution is -2.45. The third-order valence-corrected chi connectivity index (χ3v) is 6.29. The van der Waals surface area contributed by atoms with Crippen LogP contribution in [-0.4, -0.2) is 33.6 Å². The Bertz CT molecular complexity index is 985. The van der Waals surface area contributed by atoms with Crippen molar-refractivity contribution < 1.29 is 22.3 Å². The summed E-state index contributed by atoms with van der Waals surface area (Å²) in [5.74, 6) is -0.259. The largest absolute Gasteiger partial charge is 0.484 e. The lowest BCUT2D eigenvalue weighted by molar-refractivity contribution is -0.123. The van der Waals surface area contributed by atoms with Crippen LogP contribution in [0.1, 0.15) is 37.8 Å². The summed E-state index contributed by atoms with van der Waals surface area (Å²) in [5, 5.41) is 2.79. The molecule has 1 aliphatic heterocycles. The number of nitrogens with one attached hydrogen (secondary N) is 4. The number of hydrogen-bond donors (Lipinski definition) is 4. The van der Waals surface area contributed by atoms with Crippen molar-refractivity contribution in [1.29, 1.82) is 0 Å². The third kappa shape index (κ3) is 6.73. The van der Waals surface area contributed by atoms with Crippen molar-refractivity contribution in [2.75, 3.05) is 13.2 Å². The maximum absolute atomic E-state index is 13.4. The summed E-state index contributed by atoms with van der Waals surface area (Å²) in [6.07, 6.45) is 1.89. The maximum Gasteiger partial charge on any atom is 0.259 e. The number of halogens is 1. The molecule has 0 saturated carbocycles. The highest BCUT2D eigenvalue weighted by molar-refractivity contribution is 7.89. The average Bonchev–Trinajstić information content (AvgIpc) is 3.21. The minimum atomic E-state index is -3.55. The van der Waals surface area contributed by atoms with Gasteiger partial charge in [-0.2, -0.15) is 0 Å². The number of hydrazine groups is 1. The van der Waals surface area contributed by atoms with Crippen LogP contribution in [0.5, 0.6) is 5.75 Å². The van der Waals surface area contributed by atoms with Crippen LogP contribution >= 0.6 is 0 Å². The van der Waals surface area contributed by atoms with Gasteiger partial charge in [-0.15, -0.1) is 0 Å². The molecule has 0 aliphatic carbocycles. The molecule has 2 aromatic rings. The fraction of sp³-hybridized carbons (Fsp3) is 0.381. The Morgan fingerprint density at radius 2 is 1.97 bits per heavy atom. The van der Waals surface area contributed by atoms with Gasteiger partial charge >= 0.3 is 0 Å². The van der Waals surface area contributed by atoms with E-state index in [9.17, 15) is 17.6 Å². The number of ether oxygens (including phenoxy) is 1. The first-order valence-corrected chi connectivity index (χ1v) is 11.6. The molecule has 1 heterocycles. The number of carbonyl (C=O) groups excluding carboxylic acids is 1. The van der Waals surface area contributed by atoms with Gasteiger partial charge in [-0.25, -0.2) is 28.4 Å². The minimum Gasteiger partial charge on any atom is -0.484 e. The number of unbranched alkanes of at least 4 members (excludes halogenated alkanes) is 1. The van der Waals surface area contributed by atoms with E-state index in [2.05, 4.69) is 20.9 Å². The van der Waals surface area contributed by atoms with Gasteiger partial charge in [0.25, 0.3) is 5.91 Å². The molecule has 2 atom stereocenters. The van der Waals surface area contributed by atoms with Gasteiger partial charge in [0, 0.05) is 19.0 Å². The Labute approximate surface area is 181 Å². The Balaban J connectivity index is 1.44. The van der Waals surface area contributed by atoms with Crippen LogP contribution < -0.4 is 25.6 Å². The molecular formula is C21H27FN4O4S. The van der Waals surface area contributed by atoms with E-state index in [4.69, 9.17) is 4.74 Å². The molecule has 10 heteroatoms. The predicted octanol–water partition coefficient (Wildman–Crippen LogP) is 1.96. The summed E-state index contributed by atoms with van der Waals surface area (Å²) in [6.45, 7) is 2.16. The quantitative estimate of drug-likeness (QED) is 0.412. The minimum absolute atomic E-state index is 0.123. The van der Waals surface area contributed by atoms with Crippen LogP contribution in [0, 0.1) is 5.82 Å². The summed E-state index contributed by atoms with van der Waals surface area (Å²) in [5.41, 5.74) is 6.79. The van der Waals surface area contributed by atoms with E-state index >= 15 is 0 Å². The van der Waals surface area contributed by atoms with E-state index in [-0.39, 0.29) is 35.4 Å². The van der Waals surface area contributed by atoms with Crippen LogP contribution in [0.4, 0.5) is 4.39 Å². The molecule has 0 spiro atoms. The van der Waals surface area contributed by atoms with Crippen LogP contribution in [0.3, 0.4) is 0 Å². The Morgan fingerprint density at radius 1 is 1.19 bits per heavy atom. The first-order valence-electron chi connectivity index (χ1n) is 10.2. The fourth-order valence-corrected chi connectivity index (χ4v) is 4.23. The molecule has 1 aliphatic rings. The van der Waals surface area contributed by atoms with Crippen molar-refractivity contribution in [3.05, 3.63) is 59.9 Å². The molecule has 1 fully saturated rings. The molecule has 2 aromatic carbocycles. The molecular weight excluding hydrogens is 423 g/mol. The first-order chi connectivity index (χ1) is 14.9. The fourth-order valence-electron chi connectivity index (χ4n) is 3.16. The second kappa shape index (κ2) is 10.7. The van der Waals surface area contributed by atoms with E-state index in [1.807, 2.05) is 13.0 Å². The summed E-state index contributed by atoms with van der Waals surface area (Å²) in [6, 6.07) is 12.1. The topological polar surface area (TPSA) is 109 Å². The molecule has 4 N–H and O–H groups in total. The second-order valence-electron chi connectivity index (χ2n) is 7.26. The highest BCUT2D eigenvalue weighted by atomic mass is 32.2. The molecule has 0 aromatic heterocycles. The van der Waals surface area contributed by atoms with Crippen LogP contribution in [0.25, 0.3) is 0 Å². The average molecular weight is 451 g/mol. The molecule has 0 bridgehead atoms. The second-order valence-corrected chi connectivity index (χ2v) is 9.03. The normalized spacial score (nSPS) is 18.6. The zero-order chi connectivity index (χ0) is 22.3. The number of sulfonamides is 1. The third-order valence-electron chi connectivity index (χ3n) is 4.82. The van der Waals surface area contributed by atoms with Gasteiger partial charge in [-0.1, -0.05) is 25.5 Å². The van der Waals surface area contributed by atoms with Crippen molar-refractivity contribution in [1.82, 2.24) is 20.9 Å². The monoisotopic (exact) mass is 450 g/mol. The van der Waals surface area contributed by atoms with Gasteiger partial charge in [-0.05, 0) is 48.4 Å². The van der Waals surface area contributed by atoms with Crippen molar-refractivity contribution >= 4 is 15.9 Å². The van der Waals surface area contributed by atoms with Crippen molar-refractivity contribution in [3.8, 4) is 5.75 Å². The lowest BCUT2D eigenvalue weighted by Gasteiger charge is -2.13. The van der Waals surface area contributed by atoms with Crippen LogP contribution in [0.2, 0.25) is 0 Å². The van der Waals surface area contributed by atoms with Gasteiger partial charge in [-0.3, -0.25) is 4.79 Å². The Kier molecular flexibility index (Phi) is 7.97. The molecule has 3 rings (SSSR count). The summed E-state index contributed by atoms with van der Waals surface area (Å²) < 4.78 is 45.7. The molecule has 2 unspecified atom stereocenters. The zero-order valence-electron chi connectivity index (χ0n) is 17.2. The van der Waals surface area contributed by atoms with Gasteiger partial charge in [0.2, 0.25) is 10.0 Å². The lowest BCUT2D eigenvalue weighted by atomic mass is 10.0. The summed E-state index contributed by atoms with van der Waals surface area (Å²) >= 11 is 0. The molecule has 168 valence electrons. The number of rotatable bonds is 10. The van der Waals surface area contributed by atoms with Crippen molar-refractivity contribution in [2.45, 2.75) is 43.3 Å². The number of amides is 1. The number of benzene rings is 2. The SMILES string of the molecule is CCCCNS(=O)(=O)c1ccc(OCC(=O)NC2CC(c3cccc(F)c3)NN2)cc1. The number of hydrogen-bond acceptors (Lipinski definition) is 6. The molecule has 31 heavy (non-hydrogen) atoms. The Morgan fingerprint density at radius 3 is 2.68 bits per heavy atom. The van der Waals surface area contributed by atoms with E-state index in [1.54, 1.807) is 6.07 Å². The van der Waals surface area contributed by atoms with Gasteiger partial charge in [0.05, 0.1) is 11.1 Å². The number of carbonyl (C=O) groups is 1. The van der Waals surface area contributed by atoms with Crippen molar-refractivity contribution in [3.63, 3.8) is 0 Å². The highest BCUT2D eigenvalue weighted by Gasteiger charge is 2.26. The molecule has 0 radical (unpaired) electrons. The summed E-state index contributed by atoms with van der Waals surface area (Å²) in [4.78, 5) is 12.3. The van der Waals surface area contributed by atoms with E-state index in [0.717, 1.165) is 18.4 Å². The van der Waals surface area contributed by atoms with E-state index < -0.39 is 10.0 Å². The van der Waals surface area contributed by atoms with Crippen LogP contribution in [-0.2, 0) is 14.8 Å². The highest BCUT2D eigenvalue weighted by Crippen LogP contribution is 2.22.